The molecule has 2 nitrogen and oxygen atoms in total. The van der Waals surface area contributed by atoms with Crippen LogP contribution in [0.2, 0.25) is 0 Å². The van der Waals surface area contributed by atoms with Crippen LogP contribution < -0.4 is 5.32 Å². The molecule has 1 amide bonds. The number of benzene rings is 2. The smallest absolute Gasteiger partial charge is 0.251 e. The van der Waals surface area contributed by atoms with Crippen molar-refractivity contribution in [2.75, 3.05) is 6.54 Å². The lowest BCUT2D eigenvalue weighted by Gasteiger charge is -2.33. The molecule has 2 aliphatic rings. The minimum atomic E-state index is -0.320. The summed E-state index contributed by atoms with van der Waals surface area (Å²) < 4.78 is 13.7. The predicted molar refractivity (Wildman–Crippen MR) is 119 cm³/mol. The molecule has 0 bridgehead atoms. The normalized spacial score (nSPS) is 18.0. The van der Waals surface area contributed by atoms with Gasteiger partial charge in [-0.25, -0.2) is 4.39 Å². The molecule has 2 aliphatic carbocycles. The summed E-state index contributed by atoms with van der Waals surface area (Å²) in [6, 6.07) is 13.8. The maximum Gasteiger partial charge on any atom is 0.251 e. The minimum Gasteiger partial charge on any atom is -0.351 e. The van der Waals surface area contributed by atoms with Crippen molar-refractivity contribution in [3.63, 3.8) is 0 Å². The standard InChI is InChI=1S/C27H30FNO/c28-25-8-4-3-7-23(25)14-11-21-12-15-24(16-13-21)26(30)29-20-27(19-22-9-10-22)17-5-1-2-6-18-27/h3-4,7-8,12-13,15-16,22H,1-2,5-6,9-10,17-20H2,(H,29,30). The Kier molecular flexibility index (Phi) is 6.53. The molecule has 0 heterocycles. The Labute approximate surface area is 179 Å². The van der Waals surface area contributed by atoms with Gasteiger partial charge in [-0.2, -0.15) is 0 Å². The topological polar surface area (TPSA) is 29.1 Å². The average molecular weight is 404 g/mol. The van der Waals surface area contributed by atoms with Crippen LogP contribution in [0.4, 0.5) is 4.39 Å². The second-order valence-electron chi connectivity index (χ2n) is 9.05. The largest absolute Gasteiger partial charge is 0.351 e. The lowest BCUT2D eigenvalue weighted by atomic mass is 9.75. The summed E-state index contributed by atoms with van der Waals surface area (Å²) in [5.41, 5.74) is 2.09. The number of hydrogen-bond donors (Lipinski definition) is 1. The molecule has 156 valence electrons. The van der Waals surface area contributed by atoms with E-state index in [-0.39, 0.29) is 11.7 Å². The fraction of sp³-hybridized carbons (Fsp3) is 0.444. The molecule has 3 heteroatoms. The van der Waals surface area contributed by atoms with Crippen molar-refractivity contribution >= 4 is 5.91 Å². The highest BCUT2D eigenvalue weighted by molar-refractivity contribution is 5.94. The third-order valence-electron chi connectivity index (χ3n) is 6.57. The van der Waals surface area contributed by atoms with Crippen LogP contribution in [0.5, 0.6) is 0 Å². The molecular formula is C27H30FNO. The molecule has 2 saturated carbocycles. The molecule has 0 aliphatic heterocycles. The molecule has 0 saturated heterocycles. The highest BCUT2D eigenvalue weighted by Gasteiger charge is 2.37. The van der Waals surface area contributed by atoms with Gasteiger partial charge in [0.05, 0.1) is 5.56 Å². The van der Waals surface area contributed by atoms with E-state index in [9.17, 15) is 9.18 Å². The first-order valence-electron chi connectivity index (χ1n) is 11.3. The zero-order valence-electron chi connectivity index (χ0n) is 17.6. The fourth-order valence-electron chi connectivity index (χ4n) is 4.64. The zero-order valence-corrected chi connectivity index (χ0v) is 17.6. The SMILES string of the molecule is O=C(NCC1(CC2CC2)CCCCCC1)c1ccc(C#Cc2ccccc2F)cc1. The summed E-state index contributed by atoms with van der Waals surface area (Å²) in [6.45, 7) is 0.789. The van der Waals surface area contributed by atoms with E-state index in [1.807, 2.05) is 12.1 Å². The van der Waals surface area contributed by atoms with Gasteiger partial charge >= 0.3 is 0 Å². The Morgan fingerprint density at radius 1 is 0.967 bits per heavy atom. The number of rotatable bonds is 5. The van der Waals surface area contributed by atoms with Gasteiger partial charge in [0, 0.05) is 17.7 Å². The first-order chi connectivity index (χ1) is 14.6. The average Bonchev–Trinajstić information content (AvgIpc) is 3.60. The van der Waals surface area contributed by atoms with E-state index in [2.05, 4.69) is 17.2 Å². The lowest BCUT2D eigenvalue weighted by Crippen LogP contribution is -2.38. The molecule has 30 heavy (non-hydrogen) atoms. The van der Waals surface area contributed by atoms with Gasteiger partial charge in [-0.05, 0) is 67.0 Å². The number of amides is 1. The quantitative estimate of drug-likeness (QED) is 0.475. The van der Waals surface area contributed by atoms with Gasteiger partial charge in [0.1, 0.15) is 5.82 Å². The Balaban J connectivity index is 1.38. The molecule has 1 N–H and O–H groups in total. The van der Waals surface area contributed by atoms with Crippen LogP contribution >= 0.6 is 0 Å². The molecule has 0 radical (unpaired) electrons. The molecule has 2 fully saturated rings. The van der Waals surface area contributed by atoms with Gasteiger partial charge in [-0.1, -0.05) is 62.5 Å². The summed E-state index contributed by atoms with van der Waals surface area (Å²) in [5, 5.41) is 3.23. The van der Waals surface area contributed by atoms with Crippen LogP contribution in [-0.4, -0.2) is 12.5 Å². The van der Waals surface area contributed by atoms with E-state index in [0.29, 0.717) is 16.5 Å². The summed E-state index contributed by atoms with van der Waals surface area (Å²) in [5.74, 6) is 6.38. The van der Waals surface area contributed by atoms with Gasteiger partial charge in [0.2, 0.25) is 0 Å². The molecule has 0 atom stereocenters. The number of carbonyl (C=O) groups is 1. The van der Waals surface area contributed by atoms with Gasteiger partial charge in [0.15, 0.2) is 0 Å². The maximum absolute atomic E-state index is 13.7. The van der Waals surface area contributed by atoms with Crippen molar-refractivity contribution in [3.05, 3.63) is 71.0 Å². The van der Waals surface area contributed by atoms with Crippen LogP contribution in [0.15, 0.2) is 48.5 Å². The third kappa shape index (κ3) is 5.51. The predicted octanol–water partition coefficient (Wildman–Crippen LogP) is 6.10. The van der Waals surface area contributed by atoms with Gasteiger partial charge in [-0.3, -0.25) is 4.79 Å². The van der Waals surface area contributed by atoms with Crippen molar-refractivity contribution in [3.8, 4) is 11.8 Å². The van der Waals surface area contributed by atoms with Crippen LogP contribution in [0.25, 0.3) is 0 Å². The van der Waals surface area contributed by atoms with E-state index in [4.69, 9.17) is 0 Å². The van der Waals surface area contributed by atoms with Crippen LogP contribution in [0, 0.1) is 29.0 Å². The van der Waals surface area contributed by atoms with Gasteiger partial charge < -0.3 is 5.32 Å². The Hall–Kier alpha value is -2.60. The van der Waals surface area contributed by atoms with E-state index in [1.165, 1.54) is 63.9 Å². The summed E-state index contributed by atoms with van der Waals surface area (Å²) >= 11 is 0. The minimum absolute atomic E-state index is 0.0111. The molecule has 0 aromatic heterocycles. The lowest BCUT2D eigenvalue weighted by molar-refractivity contribution is 0.0914. The molecule has 2 aromatic carbocycles. The van der Waals surface area contributed by atoms with E-state index < -0.39 is 0 Å². The Morgan fingerprint density at radius 2 is 1.67 bits per heavy atom. The van der Waals surface area contributed by atoms with Gasteiger partial charge in [-0.15, -0.1) is 0 Å². The number of hydrogen-bond acceptors (Lipinski definition) is 1. The Bertz CT molecular complexity index is 925. The molecule has 2 aromatic rings. The maximum atomic E-state index is 13.7. The third-order valence-corrected chi connectivity index (χ3v) is 6.57. The summed E-state index contributed by atoms with van der Waals surface area (Å²) in [6.07, 6.45) is 11.7. The number of halogens is 1. The monoisotopic (exact) mass is 403 g/mol. The molecule has 4 rings (SSSR count). The second-order valence-corrected chi connectivity index (χ2v) is 9.05. The highest BCUT2D eigenvalue weighted by Crippen LogP contribution is 2.46. The number of nitrogens with one attached hydrogen (secondary N) is 1. The summed E-state index contributed by atoms with van der Waals surface area (Å²) in [4.78, 5) is 12.8. The van der Waals surface area contributed by atoms with Crippen molar-refractivity contribution < 1.29 is 9.18 Å². The van der Waals surface area contributed by atoms with Crippen LogP contribution in [0.3, 0.4) is 0 Å². The van der Waals surface area contributed by atoms with Crippen molar-refractivity contribution in [2.24, 2.45) is 11.3 Å². The Morgan fingerprint density at radius 3 is 2.33 bits per heavy atom. The van der Waals surface area contributed by atoms with Crippen LogP contribution in [-0.2, 0) is 0 Å². The number of carbonyl (C=O) groups excluding carboxylic acids is 1. The molecule has 0 unspecified atom stereocenters. The van der Waals surface area contributed by atoms with Crippen LogP contribution in [0.1, 0.15) is 79.3 Å². The fourth-order valence-corrected chi connectivity index (χ4v) is 4.64. The van der Waals surface area contributed by atoms with E-state index in [1.54, 1.807) is 30.3 Å². The molecule has 0 spiro atoms. The van der Waals surface area contributed by atoms with Crippen molar-refractivity contribution in [1.82, 2.24) is 5.32 Å². The van der Waals surface area contributed by atoms with Crippen molar-refractivity contribution in [2.45, 2.75) is 57.8 Å². The second kappa shape index (κ2) is 9.47. The first kappa shape index (κ1) is 20.7. The van der Waals surface area contributed by atoms with E-state index >= 15 is 0 Å². The zero-order chi connectivity index (χ0) is 20.8. The molecular weight excluding hydrogens is 373 g/mol. The van der Waals surface area contributed by atoms with E-state index in [0.717, 1.165) is 18.0 Å². The van der Waals surface area contributed by atoms with Gasteiger partial charge in [0.25, 0.3) is 5.91 Å². The summed E-state index contributed by atoms with van der Waals surface area (Å²) in [7, 11) is 0. The highest BCUT2D eigenvalue weighted by atomic mass is 19.1. The van der Waals surface area contributed by atoms with Crippen molar-refractivity contribution in [1.29, 1.82) is 0 Å². The first-order valence-corrected chi connectivity index (χ1v) is 11.3.